The Labute approximate surface area is 106 Å². The molecule has 0 spiro atoms. The molecular weight excluding hydrogens is 206 g/mol. The molecule has 0 aromatic heterocycles. The van der Waals surface area contributed by atoms with Gasteiger partial charge in [-0.25, -0.2) is 0 Å². The Hall–Kier alpha value is -0.820. The zero-order chi connectivity index (χ0) is 12.1. The first kappa shape index (κ1) is 12.6. The summed E-state index contributed by atoms with van der Waals surface area (Å²) in [5.41, 5.74) is 2.76. The summed E-state index contributed by atoms with van der Waals surface area (Å²) in [6, 6.07) is 9.62. The molecule has 2 rings (SSSR count). The molecule has 1 aromatic rings. The van der Waals surface area contributed by atoms with Gasteiger partial charge in [-0.3, -0.25) is 0 Å². The van der Waals surface area contributed by atoms with E-state index in [0.717, 1.165) is 18.5 Å². The number of aryl methyl sites for hydroxylation is 1. The van der Waals surface area contributed by atoms with Crippen molar-refractivity contribution < 1.29 is 0 Å². The van der Waals surface area contributed by atoms with Crippen LogP contribution >= 0.6 is 0 Å². The van der Waals surface area contributed by atoms with Crippen molar-refractivity contribution in [1.82, 2.24) is 5.32 Å². The van der Waals surface area contributed by atoms with Crippen LogP contribution in [0.2, 0.25) is 0 Å². The second-order valence-electron chi connectivity index (χ2n) is 5.49. The largest absolute Gasteiger partial charge is 0.310 e. The van der Waals surface area contributed by atoms with E-state index in [4.69, 9.17) is 0 Å². The Morgan fingerprint density at radius 2 is 1.71 bits per heavy atom. The van der Waals surface area contributed by atoms with E-state index in [0.29, 0.717) is 0 Å². The smallest absolute Gasteiger partial charge is 0.0208 e. The summed E-state index contributed by atoms with van der Waals surface area (Å²) in [5.74, 6) is 0.993. The third-order valence-electron chi connectivity index (χ3n) is 4.14. The van der Waals surface area contributed by atoms with E-state index in [1.807, 2.05) is 0 Å². The van der Waals surface area contributed by atoms with Gasteiger partial charge in [-0.15, -0.1) is 0 Å². The van der Waals surface area contributed by atoms with E-state index in [9.17, 15) is 0 Å². The van der Waals surface area contributed by atoms with Crippen molar-refractivity contribution in [2.45, 2.75) is 58.5 Å². The lowest BCUT2D eigenvalue weighted by Gasteiger charge is -2.28. The van der Waals surface area contributed by atoms with Crippen LogP contribution < -0.4 is 5.32 Å². The zero-order valence-corrected chi connectivity index (χ0v) is 11.2. The van der Waals surface area contributed by atoms with Crippen LogP contribution in [0.4, 0.5) is 0 Å². The van der Waals surface area contributed by atoms with Gasteiger partial charge in [0.1, 0.15) is 0 Å². The molecule has 0 atom stereocenters. The molecule has 0 amide bonds. The van der Waals surface area contributed by atoms with E-state index < -0.39 is 0 Å². The molecule has 1 aromatic carbocycles. The maximum absolute atomic E-state index is 3.70. The van der Waals surface area contributed by atoms with Crippen LogP contribution in [0.15, 0.2) is 24.3 Å². The summed E-state index contributed by atoms with van der Waals surface area (Å²) in [5, 5.41) is 3.70. The minimum Gasteiger partial charge on any atom is -0.310 e. The first-order valence-electron chi connectivity index (χ1n) is 7.07. The van der Waals surface area contributed by atoms with Crippen molar-refractivity contribution >= 4 is 0 Å². The number of hydrogen-bond donors (Lipinski definition) is 1. The summed E-state index contributed by atoms with van der Waals surface area (Å²) in [6.07, 6.45) is 6.93. The van der Waals surface area contributed by atoms with Gasteiger partial charge >= 0.3 is 0 Å². The van der Waals surface area contributed by atoms with Crippen LogP contribution in [0.1, 0.15) is 50.2 Å². The van der Waals surface area contributed by atoms with Crippen molar-refractivity contribution in [3.63, 3.8) is 0 Å². The van der Waals surface area contributed by atoms with Crippen LogP contribution in [0.25, 0.3) is 0 Å². The molecule has 1 N–H and O–H groups in total. The van der Waals surface area contributed by atoms with Crippen molar-refractivity contribution in [3.8, 4) is 0 Å². The second kappa shape index (κ2) is 6.20. The molecule has 94 valence electrons. The van der Waals surface area contributed by atoms with Crippen molar-refractivity contribution in [2.75, 3.05) is 0 Å². The fourth-order valence-electron chi connectivity index (χ4n) is 2.74. The zero-order valence-electron chi connectivity index (χ0n) is 11.2. The molecule has 0 saturated heterocycles. The molecule has 0 heterocycles. The Morgan fingerprint density at radius 1 is 1.06 bits per heavy atom. The van der Waals surface area contributed by atoms with Crippen LogP contribution in [-0.2, 0) is 6.54 Å². The molecule has 17 heavy (non-hydrogen) atoms. The predicted octanol–water partition coefficient (Wildman–Crippen LogP) is 4.05. The first-order valence-corrected chi connectivity index (χ1v) is 7.07. The van der Waals surface area contributed by atoms with Gasteiger partial charge in [0, 0.05) is 12.6 Å². The highest BCUT2D eigenvalue weighted by Gasteiger charge is 2.19. The normalized spacial score (nSPS) is 24.8. The highest BCUT2D eigenvalue weighted by atomic mass is 14.9. The highest BCUT2D eigenvalue weighted by molar-refractivity contribution is 5.21. The van der Waals surface area contributed by atoms with E-state index in [1.54, 1.807) is 0 Å². The van der Waals surface area contributed by atoms with Gasteiger partial charge in [0.2, 0.25) is 0 Å². The molecular formula is C16H25N. The summed E-state index contributed by atoms with van der Waals surface area (Å²) in [6.45, 7) is 5.50. The Kier molecular flexibility index (Phi) is 4.61. The molecule has 1 fully saturated rings. The lowest BCUT2D eigenvalue weighted by Crippen LogP contribution is -2.32. The average molecular weight is 231 g/mol. The van der Waals surface area contributed by atoms with Gasteiger partial charge in [0.25, 0.3) is 0 Å². The molecule has 0 aliphatic heterocycles. The van der Waals surface area contributed by atoms with Gasteiger partial charge in [0.15, 0.2) is 0 Å². The van der Waals surface area contributed by atoms with E-state index >= 15 is 0 Å². The highest BCUT2D eigenvalue weighted by Crippen LogP contribution is 2.26. The fourth-order valence-corrected chi connectivity index (χ4v) is 2.74. The number of nitrogens with one attached hydrogen (secondary N) is 1. The lowest BCUT2D eigenvalue weighted by atomic mass is 9.84. The first-order chi connectivity index (χ1) is 8.28. The third kappa shape index (κ3) is 3.85. The predicted molar refractivity (Wildman–Crippen MR) is 74.1 cm³/mol. The Balaban J connectivity index is 1.74. The number of hydrogen-bond acceptors (Lipinski definition) is 1. The van der Waals surface area contributed by atoms with E-state index in [2.05, 4.69) is 43.4 Å². The Bertz CT molecular complexity index is 320. The molecule has 0 unspecified atom stereocenters. The van der Waals surface area contributed by atoms with Gasteiger partial charge in [-0.2, -0.15) is 0 Å². The Morgan fingerprint density at radius 3 is 2.29 bits per heavy atom. The van der Waals surface area contributed by atoms with E-state index in [1.165, 1.54) is 43.2 Å². The SMILES string of the molecule is CCC1CCC(NCc2ccc(C)cc2)CC1. The topological polar surface area (TPSA) is 12.0 Å². The minimum absolute atomic E-state index is 0.749. The molecule has 0 bridgehead atoms. The maximum atomic E-state index is 3.70. The van der Waals surface area contributed by atoms with Crippen molar-refractivity contribution in [1.29, 1.82) is 0 Å². The summed E-state index contributed by atoms with van der Waals surface area (Å²) in [7, 11) is 0. The number of benzene rings is 1. The quantitative estimate of drug-likeness (QED) is 0.824. The van der Waals surface area contributed by atoms with Crippen LogP contribution in [-0.4, -0.2) is 6.04 Å². The van der Waals surface area contributed by atoms with Crippen molar-refractivity contribution in [3.05, 3.63) is 35.4 Å². The van der Waals surface area contributed by atoms with Gasteiger partial charge in [0.05, 0.1) is 0 Å². The summed E-state index contributed by atoms with van der Waals surface area (Å²) < 4.78 is 0. The lowest BCUT2D eigenvalue weighted by molar-refractivity contribution is 0.285. The molecule has 1 aliphatic carbocycles. The molecule has 1 heteroatoms. The minimum atomic E-state index is 0.749. The monoisotopic (exact) mass is 231 g/mol. The maximum Gasteiger partial charge on any atom is 0.0208 e. The molecule has 1 aliphatic rings. The standard InChI is InChI=1S/C16H25N/c1-3-14-8-10-16(11-9-14)17-12-15-6-4-13(2)5-7-15/h4-7,14,16-17H,3,8-12H2,1-2H3. The van der Waals surface area contributed by atoms with Crippen LogP contribution in [0.3, 0.4) is 0 Å². The third-order valence-corrected chi connectivity index (χ3v) is 4.14. The molecule has 0 radical (unpaired) electrons. The number of rotatable bonds is 4. The van der Waals surface area contributed by atoms with Crippen LogP contribution in [0.5, 0.6) is 0 Å². The van der Waals surface area contributed by atoms with Gasteiger partial charge in [-0.1, -0.05) is 43.2 Å². The molecule has 1 nitrogen and oxygen atoms in total. The van der Waals surface area contributed by atoms with E-state index in [-0.39, 0.29) is 0 Å². The second-order valence-corrected chi connectivity index (χ2v) is 5.49. The molecule has 1 saturated carbocycles. The fraction of sp³-hybridized carbons (Fsp3) is 0.625. The van der Waals surface area contributed by atoms with Crippen molar-refractivity contribution in [2.24, 2.45) is 5.92 Å². The summed E-state index contributed by atoms with van der Waals surface area (Å²) in [4.78, 5) is 0. The van der Waals surface area contributed by atoms with Gasteiger partial charge in [-0.05, 0) is 44.1 Å². The van der Waals surface area contributed by atoms with Crippen LogP contribution in [0, 0.1) is 12.8 Å². The van der Waals surface area contributed by atoms with Gasteiger partial charge < -0.3 is 5.32 Å². The average Bonchev–Trinajstić information content (AvgIpc) is 2.39. The summed E-state index contributed by atoms with van der Waals surface area (Å²) >= 11 is 0.